The quantitative estimate of drug-likeness (QED) is 0.574. The number of halogens is 2. The second kappa shape index (κ2) is 9.36. The smallest absolute Gasteiger partial charge is 0.387 e. The number of aryl methyl sites for hydroxylation is 1. The highest BCUT2D eigenvalue weighted by molar-refractivity contribution is 5.91. The molecule has 0 heterocycles. The summed E-state index contributed by atoms with van der Waals surface area (Å²) in [4.78, 5) is 16.7. The summed E-state index contributed by atoms with van der Waals surface area (Å²) < 4.78 is 33.9. The van der Waals surface area contributed by atoms with Crippen LogP contribution in [0, 0.1) is 6.92 Å². The van der Waals surface area contributed by atoms with Crippen molar-refractivity contribution in [3.63, 3.8) is 0 Å². The van der Waals surface area contributed by atoms with Gasteiger partial charge in [0.15, 0.2) is 18.1 Å². The molecule has 8 heteroatoms. The summed E-state index contributed by atoms with van der Waals surface area (Å²) in [5, 5.41) is 6.36. The van der Waals surface area contributed by atoms with Crippen LogP contribution in [0.4, 0.5) is 14.5 Å². The fraction of sp³-hybridized carbons (Fsp3) is 0.222. The number of nitrogens with zero attached hydrogens (tertiary/aromatic N) is 1. The monoisotopic (exact) mass is 364 g/mol. The molecule has 0 unspecified atom stereocenters. The van der Waals surface area contributed by atoms with Crippen molar-refractivity contribution in [2.24, 2.45) is 5.16 Å². The Morgan fingerprint density at radius 2 is 2.04 bits per heavy atom. The molecule has 138 valence electrons. The molecule has 2 aromatic carbocycles. The molecule has 0 saturated carbocycles. The van der Waals surface area contributed by atoms with Crippen LogP contribution in [0.2, 0.25) is 0 Å². The molecule has 0 aliphatic carbocycles. The number of oxime groups is 1. The number of carbonyl (C=O) groups is 1. The molecule has 2 aromatic rings. The van der Waals surface area contributed by atoms with E-state index in [1.54, 1.807) is 6.07 Å². The minimum atomic E-state index is -2.95. The Morgan fingerprint density at radius 1 is 1.23 bits per heavy atom. The van der Waals surface area contributed by atoms with Gasteiger partial charge in [0.05, 0.1) is 13.3 Å². The molecule has 0 aliphatic heterocycles. The first kappa shape index (κ1) is 19.2. The number of hydrogen-bond donors (Lipinski definition) is 1. The van der Waals surface area contributed by atoms with E-state index in [1.165, 1.54) is 31.5 Å². The highest BCUT2D eigenvalue weighted by Crippen LogP contribution is 2.28. The molecule has 0 saturated heterocycles. The van der Waals surface area contributed by atoms with E-state index in [0.717, 1.165) is 5.56 Å². The number of alkyl halides is 2. The molecule has 0 fully saturated rings. The minimum Gasteiger partial charge on any atom is -0.493 e. The summed E-state index contributed by atoms with van der Waals surface area (Å²) in [7, 11) is 1.33. The molecular formula is C18H18F2N2O4. The van der Waals surface area contributed by atoms with Crippen LogP contribution in [0.1, 0.15) is 11.1 Å². The number of amides is 1. The summed E-state index contributed by atoms with van der Waals surface area (Å²) in [6, 6.07) is 11.6. The molecule has 1 N–H and O–H groups in total. The zero-order valence-electron chi connectivity index (χ0n) is 14.2. The van der Waals surface area contributed by atoms with Gasteiger partial charge in [0.1, 0.15) is 0 Å². The van der Waals surface area contributed by atoms with Crippen LogP contribution >= 0.6 is 0 Å². The number of hydrogen-bond acceptors (Lipinski definition) is 5. The highest BCUT2D eigenvalue weighted by Gasteiger charge is 2.10. The molecule has 0 spiro atoms. The Bertz CT molecular complexity index is 782. The zero-order chi connectivity index (χ0) is 18.9. The molecule has 0 aromatic heterocycles. The van der Waals surface area contributed by atoms with Crippen molar-refractivity contribution in [3.05, 3.63) is 53.6 Å². The first-order valence-electron chi connectivity index (χ1n) is 7.62. The van der Waals surface area contributed by atoms with Crippen molar-refractivity contribution in [2.45, 2.75) is 13.5 Å². The lowest BCUT2D eigenvalue weighted by Gasteiger charge is -2.09. The van der Waals surface area contributed by atoms with Crippen LogP contribution in [0.3, 0.4) is 0 Å². The van der Waals surface area contributed by atoms with Gasteiger partial charge in [-0.05, 0) is 42.8 Å². The Balaban J connectivity index is 1.87. The molecule has 2 rings (SSSR count). The van der Waals surface area contributed by atoms with Gasteiger partial charge in [-0.2, -0.15) is 8.78 Å². The van der Waals surface area contributed by atoms with Crippen molar-refractivity contribution in [2.75, 3.05) is 19.0 Å². The van der Waals surface area contributed by atoms with Gasteiger partial charge >= 0.3 is 6.61 Å². The molecule has 1 amide bonds. The number of benzene rings is 2. The first-order chi connectivity index (χ1) is 12.5. The molecule has 0 radical (unpaired) electrons. The number of nitrogens with one attached hydrogen (secondary N) is 1. The maximum Gasteiger partial charge on any atom is 0.387 e. The van der Waals surface area contributed by atoms with Gasteiger partial charge in [-0.15, -0.1) is 0 Å². The number of anilines is 1. The van der Waals surface area contributed by atoms with Crippen LogP contribution in [0.25, 0.3) is 0 Å². The molecule has 0 aliphatic rings. The third-order valence-corrected chi connectivity index (χ3v) is 3.18. The van der Waals surface area contributed by atoms with E-state index in [4.69, 9.17) is 9.57 Å². The van der Waals surface area contributed by atoms with Crippen LogP contribution in [0.15, 0.2) is 47.6 Å². The molecule has 0 atom stereocenters. The number of carbonyl (C=O) groups excluding carboxylic acids is 1. The van der Waals surface area contributed by atoms with Gasteiger partial charge in [-0.1, -0.05) is 17.3 Å². The molecule has 0 bridgehead atoms. The Labute approximate surface area is 149 Å². The van der Waals surface area contributed by atoms with Crippen molar-refractivity contribution < 1.29 is 27.9 Å². The lowest BCUT2D eigenvalue weighted by molar-refractivity contribution is -0.120. The Hall–Kier alpha value is -3.16. The van der Waals surface area contributed by atoms with E-state index >= 15 is 0 Å². The van der Waals surface area contributed by atoms with E-state index in [-0.39, 0.29) is 24.0 Å². The SMILES string of the molecule is COc1cc(C=NOCC(=O)Nc2cccc(C)c2)ccc1OC(F)F. The molecule has 26 heavy (non-hydrogen) atoms. The van der Waals surface area contributed by atoms with Crippen molar-refractivity contribution in [1.29, 1.82) is 0 Å². The summed E-state index contributed by atoms with van der Waals surface area (Å²) >= 11 is 0. The fourth-order valence-corrected chi connectivity index (χ4v) is 2.07. The predicted octanol–water partition coefficient (Wildman–Crippen LogP) is 3.59. The summed E-state index contributed by atoms with van der Waals surface area (Å²) in [5.41, 5.74) is 2.22. The third-order valence-electron chi connectivity index (χ3n) is 3.18. The fourth-order valence-electron chi connectivity index (χ4n) is 2.07. The number of rotatable bonds is 8. The van der Waals surface area contributed by atoms with Crippen molar-refractivity contribution >= 4 is 17.8 Å². The summed E-state index contributed by atoms with van der Waals surface area (Å²) in [6.45, 7) is -1.30. The van der Waals surface area contributed by atoms with Gasteiger partial charge in [0.2, 0.25) is 0 Å². The second-order valence-corrected chi connectivity index (χ2v) is 5.21. The standard InChI is InChI=1S/C18H18F2N2O4/c1-12-4-3-5-14(8-12)22-17(23)11-25-21-10-13-6-7-15(26-18(19)20)16(9-13)24-2/h3-10,18H,11H2,1-2H3,(H,22,23). The van der Waals surface area contributed by atoms with Gasteiger partial charge in [-0.3, -0.25) is 4.79 Å². The Kier molecular flexibility index (Phi) is 6.90. The topological polar surface area (TPSA) is 69.2 Å². The average Bonchev–Trinajstić information content (AvgIpc) is 2.59. The van der Waals surface area contributed by atoms with E-state index in [2.05, 4.69) is 15.2 Å². The average molecular weight is 364 g/mol. The van der Waals surface area contributed by atoms with Crippen LogP contribution in [0.5, 0.6) is 11.5 Å². The second-order valence-electron chi connectivity index (χ2n) is 5.21. The number of methoxy groups -OCH3 is 1. The molecular weight excluding hydrogens is 346 g/mol. The van der Waals surface area contributed by atoms with E-state index in [0.29, 0.717) is 11.3 Å². The zero-order valence-corrected chi connectivity index (χ0v) is 14.2. The van der Waals surface area contributed by atoms with Crippen LogP contribution in [-0.4, -0.2) is 32.4 Å². The summed E-state index contributed by atoms with van der Waals surface area (Å²) in [5.74, 6) is -0.310. The summed E-state index contributed by atoms with van der Waals surface area (Å²) in [6.07, 6.45) is 1.33. The van der Waals surface area contributed by atoms with Crippen molar-refractivity contribution in [1.82, 2.24) is 0 Å². The van der Waals surface area contributed by atoms with Gasteiger partial charge in [0, 0.05) is 11.3 Å². The lowest BCUT2D eigenvalue weighted by atomic mass is 10.2. The first-order valence-corrected chi connectivity index (χ1v) is 7.62. The van der Waals surface area contributed by atoms with Gasteiger partial charge < -0.3 is 19.6 Å². The van der Waals surface area contributed by atoms with Crippen LogP contribution < -0.4 is 14.8 Å². The minimum absolute atomic E-state index is 0.0851. The molecule has 6 nitrogen and oxygen atoms in total. The van der Waals surface area contributed by atoms with Gasteiger partial charge in [0.25, 0.3) is 5.91 Å². The van der Waals surface area contributed by atoms with Crippen molar-refractivity contribution in [3.8, 4) is 11.5 Å². The Morgan fingerprint density at radius 3 is 2.73 bits per heavy atom. The number of ether oxygens (including phenoxy) is 2. The van der Waals surface area contributed by atoms with E-state index in [9.17, 15) is 13.6 Å². The normalized spacial score (nSPS) is 10.8. The predicted molar refractivity (Wildman–Crippen MR) is 93.0 cm³/mol. The van der Waals surface area contributed by atoms with Gasteiger partial charge in [-0.25, -0.2) is 0 Å². The highest BCUT2D eigenvalue weighted by atomic mass is 19.3. The maximum absolute atomic E-state index is 12.3. The lowest BCUT2D eigenvalue weighted by Crippen LogP contribution is -2.16. The maximum atomic E-state index is 12.3. The third kappa shape index (κ3) is 6.04. The van der Waals surface area contributed by atoms with E-state index in [1.807, 2.05) is 25.1 Å². The van der Waals surface area contributed by atoms with Crippen LogP contribution in [-0.2, 0) is 9.63 Å². The largest absolute Gasteiger partial charge is 0.493 e. The van der Waals surface area contributed by atoms with E-state index < -0.39 is 6.61 Å².